The predicted molar refractivity (Wildman–Crippen MR) is 128 cm³/mol. The summed E-state index contributed by atoms with van der Waals surface area (Å²) in [5.41, 5.74) is 2.87. The number of imide groups is 1. The molecule has 1 aliphatic heterocycles. The van der Waals surface area contributed by atoms with Crippen molar-refractivity contribution in [3.05, 3.63) is 99.2 Å². The lowest BCUT2D eigenvalue weighted by molar-refractivity contribution is -0.120. The number of benzene rings is 3. The van der Waals surface area contributed by atoms with Gasteiger partial charge in [0.1, 0.15) is 16.5 Å². The summed E-state index contributed by atoms with van der Waals surface area (Å²) in [7, 11) is 0. The summed E-state index contributed by atoms with van der Waals surface area (Å²) in [6.07, 6.45) is 0. The Balaban J connectivity index is 1.49. The molecular formula is C25H18Cl2N2O4. The molecule has 8 heteroatoms. The lowest BCUT2D eigenvalue weighted by Crippen LogP contribution is -2.32. The molecule has 166 valence electrons. The van der Waals surface area contributed by atoms with Gasteiger partial charge in [-0.15, -0.1) is 0 Å². The first-order valence-electron chi connectivity index (χ1n) is 9.95. The van der Waals surface area contributed by atoms with E-state index in [1.54, 1.807) is 61.5 Å². The number of rotatable bonds is 5. The normalized spacial score (nSPS) is 13.5. The summed E-state index contributed by atoms with van der Waals surface area (Å²) in [6, 6.07) is 18.3. The number of ether oxygens (including phenoxy) is 1. The fourth-order valence-corrected chi connectivity index (χ4v) is 3.75. The van der Waals surface area contributed by atoms with Crippen LogP contribution in [0.15, 0.2) is 77.5 Å². The number of nitrogens with one attached hydrogen (secondary N) is 1. The number of anilines is 2. The molecule has 3 aromatic carbocycles. The van der Waals surface area contributed by atoms with E-state index in [9.17, 15) is 14.4 Å². The van der Waals surface area contributed by atoms with E-state index in [1.807, 2.05) is 19.1 Å². The van der Waals surface area contributed by atoms with Gasteiger partial charge < -0.3 is 10.1 Å². The second-order valence-electron chi connectivity index (χ2n) is 7.47. The minimum absolute atomic E-state index is 0.0500. The van der Waals surface area contributed by atoms with E-state index in [4.69, 9.17) is 27.9 Å². The number of carbonyl (C=O) groups is 3. The Kier molecular flexibility index (Phi) is 6.22. The van der Waals surface area contributed by atoms with Crippen molar-refractivity contribution in [3.8, 4) is 5.75 Å². The van der Waals surface area contributed by atoms with Gasteiger partial charge in [0, 0.05) is 10.7 Å². The molecule has 6 nitrogen and oxygen atoms in total. The molecule has 0 aliphatic carbocycles. The number of aryl methyl sites for hydroxylation is 2. The smallest absolute Gasteiger partial charge is 0.343 e. The minimum atomic E-state index is -0.632. The van der Waals surface area contributed by atoms with Gasteiger partial charge in [0.05, 0.1) is 11.3 Å². The zero-order chi connectivity index (χ0) is 23.7. The van der Waals surface area contributed by atoms with E-state index in [0.717, 1.165) is 10.5 Å². The van der Waals surface area contributed by atoms with E-state index < -0.39 is 17.8 Å². The molecule has 0 saturated carbocycles. The second kappa shape index (κ2) is 9.10. The van der Waals surface area contributed by atoms with Crippen LogP contribution in [0.4, 0.5) is 11.4 Å². The van der Waals surface area contributed by atoms with Gasteiger partial charge in [-0.2, -0.15) is 0 Å². The van der Waals surface area contributed by atoms with Crippen molar-refractivity contribution < 1.29 is 19.1 Å². The Morgan fingerprint density at radius 2 is 1.55 bits per heavy atom. The van der Waals surface area contributed by atoms with Crippen molar-refractivity contribution in [1.29, 1.82) is 0 Å². The van der Waals surface area contributed by atoms with Gasteiger partial charge in [0.25, 0.3) is 11.8 Å². The monoisotopic (exact) mass is 480 g/mol. The molecule has 1 aliphatic rings. The van der Waals surface area contributed by atoms with Gasteiger partial charge in [-0.3, -0.25) is 9.59 Å². The molecule has 1 heterocycles. The van der Waals surface area contributed by atoms with Gasteiger partial charge in [0.15, 0.2) is 0 Å². The van der Waals surface area contributed by atoms with E-state index in [1.165, 1.54) is 0 Å². The summed E-state index contributed by atoms with van der Waals surface area (Å²) < 4.78 is 5.35. The van der Waals surface area contributed by atoms with Gasteiger partial charge >= 0.3 is 5.97 Å². The van der Waals surface area contributed by atoms with Crippen LogP contribution in [0.2, 0.25) is 5.02 Å². The molecular weight excluding hydrogens is 463 g/mol. The zero-order valence-corrected chi connectivity index (χ0v) is 19.2. The molecule has 0 radical (unpaired) electrons. The molecule has 1 N–H and O–H groups in total. The number of amides is 2. The Bertz CT molecular complexity index is 1300. The van der Waals surface area contributed by atoms with Crippen LogP contribution >= 0.6 is 23.2 Å². The van der Waals surface area contributed by atoms with Crippen LogP contribution in [0.5, 0.6) is 5.75 Å². The average Bonchev–Trinajstić information content (AvgIpc) is 2.99. The average molecular weight is 481 g/mol. The predicted octanol–water partition coefficient (Wildman–Crippen LogP) is 5.61. The Labute approximate surface area is 200 Å². The van der Waals surface area contributed by atoms with Crippen LogP contribution in [0.25, 0.3) is 0 Å². The summed E-state index contributed by atoms with van der Waals surface area (Å²) in [5.74, 6) is -1.29. The van der Waals surface area contributed by atoms with Gasteiger partial charge in [-0.1, -0.05) is 40.9 Å². The molecule has 2 amide bonds. The van der Waals surface area contributed by atoms with E-state index in [0.29, 0.717) is 33.3 Å². The third-order valence-corrected chi connectivity index (χ3v) is 5.63. The molecule has 0 unspecified atom stereocenters. The van der Waals surface area contributed by atoms with E-state index >= 15 is 0 Å². The number of hydrogen-bond donors (Lipinski definition) is 1. The summed E-state index contributed by atoms with van der Waals surface area (Å²) >= 11 is 12.2. The Morgan fingerprint density at radius 3 is 2.18 bits per heavy atom. The van der Waals surface area contributed by atoms with Gasteiger partial charge in [-0.25, -0.2) is 9.69 Å². The number of esters is 1. The highest BCUT2D eigenvalue weighted by atomic mass is 35.5. The molecule has 4 rings (SSSR count). The quantitative estimate of drug-likeness (QED) is 0.291. The van der Waals surface area contributed by atoms with Crippen molar-refractivity contribution in [2.75, 3.05) is 10.2 Å². The maximum Gasteiger partial charge on any atom is 0.343 e. The highest BCUT2D eigenvalue weighted by molar-refractivity contribution is 6.53. The highest BCUT2D eigenvalue weighted by Gasteiger charge is 2.39. The van der Waals surface area contributed by atoms with Crippen LogP contribution in [0.3, 0.4) is 0 Å². The third kappa shape index (κ3) is 4.62. The van der Waals surface area contributed by atoms with Crippen molar-refractivity contribution >= 4 is 52.4 Å². The molecule has 0 aromatic heterocycles. The molecule has 0 spiro atoms. The largest absolute Gasteiger partial charge is 0.423 e. The van der Waals surface area contributed by atoms with Crippen LogP contribution in [0, 0.1) is 13.8 Å². The van der Waals surface area contributed by atoms with Crippen LogP contribution in [-0.2, 0) is 9.59 Å². The standard InChI is InChI=1S/C25H18Cl2N2O4/c1-14-3-10-19(11-4-14)33-25(32)16-5-8-18(9-6-16)28-22-21(27)23(30)29(24(22)31)20-12-7-17(26)13-15(20)2/h3-13,28H,1-2H3. The Hall–Kier alpha value is -3.61. The SMILES string of the molecule is Cc1ccc(OC(=O)c2ccc(NC3=C(Cl)C(=O)N(c4ccc(Cl)cc4C)C3=O)cc2)cc1. The van der Waals surface area contributed by atoms with Crippen molar-refractivity contribution in [1.82, 2.24) is 0 Å². The Morgan fingerprint density at radius 1 is 0.879 bits per heavy atom. The van der Waals surface area contributed by atoms with Crippen LogP contribution in [-0.4, -0.2) is 17.8 Å². The third-order valence-electron chi connectivity index (χ3n) is 5.05. The van der Waals surface area contributed by atoms with Crippen LogP contribution in [0.1, 0.15) is 21.5 Å². The van der Waals surface area contributed by atoms with Gasteiger partial charge in [0.2, 0.25) is 0 Å². The first kappa shape index (κ1) is 22.6. The van der Waals surface area contributed by atoms with Crippen LogP contribution < -0.4 is 15.0 Å². The maximum absolute atomic E-state index is 13.0. The number of hydrogen-bond acceptors (Lipinski definition) is 5. The first-order valence-corrected chi connectivity index (χ1v) is 10.7. The fraction of sp³-hybridized carbons (Fsp3) is 0.0800. The maximum atomic E-state index is 13.0. The van der Waals surface area contributed by atoms with E-state index in [-0.39, 0.29) is 10.7 Å². The van der Waals surface area contributed by atoms with Gasteiger partial charge in [-0.05, 0) is 74.0 Å². The summed E-state index contributed by atoms with van der Waals surface area (Å²) in [5, 5.41) is 3.15. The number of halogens is 2. The second-order valence-corrected chi connectivity index (χ2v) is 8.28. The molecule has 0 fully saturated rings. The molecule has 0 saturated heterocycles. The lowest BCUT2D eigenvalue weighted by Gasteiger charge is -2.17. The fourth-order valence-electron chi connectivity index (χ4n) is 3.31. The molecule has 3 aromatic rings. The molecule has 0 bridgehead atoms. The summed E-state index contributed by atoms with van der Waals surface area (Å²) in [6.45, 7) is 3.69. The first-order chi connectivity index (χ1) is 15.7. The van der Waals surface area contributed by atoms with Crippen molar-refractivity contribution in [2.45, 2.75) is 13.8 Å². The lowest BCUT2D eigenvalue weighted by atomic mass is 10.2. The van der Waals surface area contributed by atoms with Crippen molar-refractivity contribution in [3.63, 3.8) is 0 Å². The number of nitrogens with zero attached hydrogens (tertiary/aromatic N) is 1. The molecule has 0 atom stereocenters. The minimum Gasteiger partial charge on any atom is -0.423 e. The summed E-state index contributed by atoms with van der Waals surface area (Å²) in [4.78, 5) is 39.0. The van der Waals surface area contributed by atoms with E-state index in [2.05, 4.69) is 5.32 Å². The number of carbonyl (C=O) groups excluding carboxylic acids is 3. The molecule has 33 heavy (non-hydrogen) atoms. The highest BCUT2D eigenvalue weighted by Crippen LogP contribution is 2.33. The van der Waals surface area contributed by atoms with Crippen molar-refractivity contribution in [2.24, 2.45) is 0 Å². The zero-order valence-electron chi connectivity index (χ0n) is 17.7. The topological polar surface area (TPSA) is 75.7 Å².